The van der Waals surface area contributed by atoms with Crippen molar-refractivity contribution in [3.8, 4) is 17.1 Å². The lowest BCUT2D eigenvalue weighted by atomic mass is 10.1. The predicted octanol–water partition coefficient (Wildman–Crippen LogP) is 5.25. The number of amides is 1. The third kappa shape index (κ3) is 3.98. The fourth-order valence-electron chi connectivity index (χ4n) is 3.23. The highest BCUT2D eigenvalue weighted by Crippen LogP contribution is 2.24. The van der Waals surface area contributed by atoms with Crippen molar-refractivity contribution in [2.75, 3.05) is 5.32 Å². The summed E-state index contributed by atoms with van der Waals surface area (Å²) >= 11 is 0. The van der Waals surface area contributed by atoms with Crippen molar-refractivity contribution >= 4 is 11.6 Å². The minimum absolute atomic E-state index is 0.0369. The highest BCUT2D eigenvalue weighted by molar-refractivity contribution is 6.01. The molecule has 0 spiro atoms. The first-order valence-corrected chi connectivity index (χ1v) is 9.59. The zero-order valence-electron chi connectivity index (χ0n) is 17.0. The zero-order chi connectivity index (χ0) is 21.3. The molecule has 4 aromatic rings. The highest BCUT2D eigenvalue weighted by atomic mass is 19.1. The lowest BCUT2D eigenvalue weighted by Crippen LogP contribution is -2.14. The Kier molecular flexibility index (Phi) is 5.14. The van der Waals surface area contributed by atoms with Gasteiger partial charge in [-0.15, -0.1) is 5.10 Å². The number of hydrogen-bond acceptors (Lipinski definition) is 3. The molecule has 1 N–H and O–H groups in total. The third-order valence-electron chi connectivity index (χ3n) is 4.80. The molecule has 0 radical (unpaired) electrons. The van der Waals surface area contributed by atoms with Crippen LogP contribution in [0.2, 0.25) is 0 Å². The second-order valence-corrected chi connectivity index (χ2v) is 7.29. The van der Waals surface area contributed by atoms with Crippen molar-refractivity contribution < 1.29 is 9.18 Å². The van der Waals surface area contributed by atoms with Crippen molar-refractivity contribution in [3.63, 3.8) is 0 Å². The molecule has 30 heavy (non-hydrogen) atoms. The van der Waals surface area contributed by atoms with Gasteiger partial charge in [0, 0.05) is 11.3 Å². The van der Waals surface area contributed by atoms with E-state index in [4.69, 9.17) is 0 Å². The van der Waals surface area contributed by atoms with Crippen LogP contribution in [-0.4, -0.2) is 20.7 Å². The Balaban J connectivity index is 1.78. The molecular weight excluding hydrogens is 379 g/mol. The van der Waals surface area contributed by atoms with Gasteiger partial charge in [0.05, 0.1) is 5.69 Å². The molecular formula is C24H21FN4O. The van der Waals surface area contributed by atoms with E-state index in [1.807, 2.05) is 57.2 Å². The number of halogens is 1. The van der Waals surface area contributed by atoms with Gasteiger partial charge in [-0.05, 0) is 56.7 Å². The number of anilines is 1. The molecule has 1 amide bonds. The molecule has 0 fully saturated rings. The third-order valence-corrected chi connectivity index (χ3v) is 4.80. The van der Waals surface area contributed by atoms with E-state index in [2.05, 4.69) is 21.5 Å². The molecule has 1 heterocycles. The first kappa shape index (κ1) is 19.5. The van der Waals surface area contributed by atoms with Crippen molar-refractivity contribution in [1.29, 1.82) is 0 Å². The molecule has 0 saturated carbocycles. The molecule has 6 heteroatoms. The van der Waals surface area contributed by atoms with Crippen LogP contribution < -0.4 is 5.32 Å². The number of carbonyl (C=O) groups excluding carboxylic acids is 1. The van der Waals surface area contributed by atoms with E-state index in [-0.39, 0.29) is 11.6 Å². The van der Waals surface area contributed by atoms with Crippen molar-refractivity contribution in [2.24, 2.45) is 0 Å². The van der Waals surface area contributed by atoms with Gasteiger partial charge in [0.1, 0.15) is 5.82 Å². The molecule has 150 valence electrons. The van der Waals surface area contributed by atoms with E-state index in [0.717, 1.165) is 27.9 Å². The zero-order valence-corrected chi connectivity index (χ0v) is 17.0. The number of hydrogen-bond donors (Lipinski definition) is 1. The van der Waals surface area contributed by atoms with E-state index < -0.39 is 5.91 Å². The smallest absolute Gasteiger partial charge is 0.295 e. The minimum Gasteiger partial charge on any atom is -0.319 e. The van der Waals surface area contributed by atoms with Gasteiger partial charge >= 0.3 is 0 Å². The maximum absolute atomic E-state index is 13.1. The first-order chi connectivity index (χ1) is 14.4. The summed E-state index contributed by atoms with van der Waals surface area (Å²) in [6.07, 6.45) is 0. The number of carbonyl (C=O) groups is 1. The molecule has 5 nitrogen and oxygen atoms in total. The average Bonchev–Trinajstić information content (AvgIpc) is 3.15. The molecule has 0 aliphatic rings. The van der Waals surface area contributed by atoms with Crippen molar-refractivity contribution in [1.82, 2.24) is 14.8 Å². The summed E-state index contributed by atoms with van der Waals surface area (Å²) in [5, 5.41) is 7.22. The SMILES string of the molecule is Cc1ccc(-c2nc(C(=O)Nc3ccc(F)cc3)nn2-c2ccc(C)cc2C)cc1. The van der Waals surface area contributed by atoms with Gasteiger partial charge in [-0.25, -0.2) is 14.1 Å². The van der Waals surface area contributed by atoms with Gasteiger partial charge in [-0.3, -0.25) is 4.79 Å². The lowest BCUT2D eigenvalue weighted by Gasteiger charge is -2.10. The van der Waals surface area contributed by atoms with Crippen LogP contribution in [0.1, 0.15) is 27.3 Å². The number of rotatable bonds is 4. The van der Waals surface area contributed by atoms with Crippen LogP contribution in [0.3, 0.4) is 0 Å². The fourth-order valence-corrected chi connectivity index (χ4v) is 3.23. The van der Waals surface area contributed by atoms with Gasteiger partial charge < -0.3 is 5.32 Å². The van der Waals surface area contributed by atoms with Crippen molar-refractivity contribution in [3.05, 3.63) is 95.1 Å². The number of nitrogens with one attached hydrogen (secondary N) is 1. The van der Waals surface area contributed by atoms with Crippen LogP contribution in [0.5, 0.6) is 0 Å². The van der Waals surface area contributed by atoms with Crippen molar-refractivity contribution in [2.45, 2.75) is 20.8 Å². The van der Waals surface area contributed by atoms with Crippen LogP contribution in [-0.2, 0) is 0 Å². The molecule has 0 bridgehead atoms. The molecule has 4 rings (SSSR count). The Morgan fingerprint density at radius 3 is 2.23 bits per heavy atom. The second kappa shape index (κ2) is 7.91. The Morgan fingerprint density at radius 1 is 0.900 bits per heavy atom. The fraction of sp³-hybridized carbons (Fsp3) is 0.125. The number of aryl methyl sites for hydroxylation is 3. The number of benzene rings is 3. The summed E-state index contributed by atoms with van der Waals surface area (Å²) in [5.74, 6) is -0.216. The van der Waals surface area contributed by atoms with E-state index in [1.54, 1.807) is 4.68 Å². The summed E-state index contributed by atoms with van der Waals surface area (Å²) < 4.78 is 14.8. The quantitative estimate of drug-likeness (QED) is 0.509. The van der Waals surface area contributed by atoms with E-state index in [1.165, 1.54) is 24.3 Å². The minimum atomic E-state index is -0.460. The van der Waals surface area contributed by atoms with Gasteiger partial charge in [-0.2, -0.15) is 0 Å². The maximum Gasteiger partial charge on any atom is 0.295 e. The first-order valence-electron chi connectivity index (χ1n) is 9.59. The van der Waals surface area contributed by atoms with Crippen LogP contribution in [0.4, 0.5) is 10.1 Å². The summed E-state index contributed by atoms with van der Waals surface area (Å²) in [5.41, 5.74) is 5.48. The van der Waals surface area contributed by atoms with Crippen LogP contribution >= 0.6 is 0 Å². The second-order valence-electron chi connectivity index (χ2n) is 7.29. The van der Waals surface area contributed by atoms with Crippen LogP contribution in [0.15, 0.2) is 66.7 Å². The predicted molar refractivity (Wildman–Crippen MR) is 115 cm³/mol. The normalized spacial score (nSPS) is 10.8. The Morgan fingerprint density at radius 2 is 1.57 bits per heavy atom. The van der Waals surface area contributed by atoms with E-state index >= 15 is 0 Å². The molecule has 0 aliphatic heterocycles. The number of aromatic nitrogens is 3. The molecule has 0 atom stereocenters. The molecule has 1 aromatic heterocycles. The maximum atomic E-state index is 13.1. The van der Waals surface area contributed by atoms with Gasteiger partial charge in [0.15, 0.2) is 5.82 Å². The Labute approximate surface area is 174 Å². The highest BCUT2D eigenvalue weighted by Gasteiger charge is 2.20. The van der Waals surface area contributed by atoms with Crippen LogP contribution in [0.25, 0.3) is 17.1 Å². The molecule has 0 saturated heterocycles. The number of nitrogens with zero attached hydrogens (tertiary/aromatic N) is 3. The van der Waals surface area contributed by atoms with E-state index in [9.17, 15) is 9.18 Å². The van der Waals surface area contributed by atoms with Gasteiger partial charge in [0.2, 0.25) is 5.82 Å². The van der Waals surface area contributed by atoms with E-state index in [0.29, 0.717) is 11.5 Å². The Hall–Kier alpha value is -3.80. The summed E-state index contributed by atoms with van der Waals surface area (Å²) in [7, 11) is 0. The largest absolute Gasteiger partial charge is 0.319 e. The monoisotopic (exact) mass is 400 g/mol. The van der Waals surface area contributed by atoms with Crippen LogP contribution in [0, 0.1) is 26.6 Å². The Bertz CT molecular complexity index is 1210. The summed E-state index contributed by atoms with van der Waals surface area (Å²) in [6, 6.07) is 19.5. The average molecular weight is 400 g/mol. The topological polar surface area (TPSA) is 59.8 Å². The van der Waals surface area contributed by atoms with Gasteiger partial charge in [-0.1, -0.05) is 47.5 Å². The molecule has 0 unspecified atom stereocenters. The van der Waals surface area contributed by atoms with Gasteiger partial charge in [0.25, 0.3) is 5.91 Å². The summed E-state index contributed by atoms with van der Waals surface area (Å²) in [4.78, 5) is 17.3. The summed E-state index contributed by atoms with van der Waals surface area (Å²) in [6.45, 7) is 6.04. The molecule has 3 aromatic carbocycles. The lowest BCUT2D eigenvalue weighted by molar-refractivity contribution is 0.101. The molecule has 0 aliphatic carbocycles. The standard InChI is InChI=1S/C24H21FN4O/c1-15-4-7-18(8-5-15)23-27-22(24(30)26-20-11-9-19(25)10-12-20)28-29(23)21-13-6-16(2)14-17(21)3/h4-14H,1-3H3,(H,26,30).